The number of nitrogens with zero attached hydrogens (tertiary/aromatic N) is 1. The molecular formula is C12H18N2OS. The molecule has 1 aliphatic heterocycles. The lowest BCUT2D eigenvalue weighted by atomic mass is 10.2. The molecule has 3 nitrogen and oxygen atoms in total. The van der Waals surface area contributed by atoms with Crippen LogP contribution in [0.3, 0.4) is 0 Å². The summed E-state index contributed by atoms with van der Waals surface area (Å²) in [6.45, 7) is 4.92. The molecule has 0 spiro atoms. The Morgan fingerprint density at radius 2 is 2.31 bits per heavy atom. The van der Waals surface area contributed by atoms with Crippen LogP contribution in [-0.2, 0) is 4.79 Å². The first-order chi connectivity index (χ1) is 7.77. The minimum Gasteiger partial charge on any atom is -0.322 e. The monoisotopic (exact) mass is 238 g/mol. The van der Waals surface area contributed by atoms with Crippen molar-refractivity contribution in [1.29, 1.82) is 0 Å². The number of rotatable bonds is 4. The minimum absolute atomic E-state index is 0.00912. The quantitative estimate of drug-likeness (QED) is 0.873. The molecule has 0 bridgehead atoms. The van der Waals surface area contributed by atoms with Crippen molar-refractivity contribution >= 4 is 17.2 Å². The Morgan fingerprint density at radius 1 is 1.50 bits per heavy atom. The van der Waals surface area contributed by atoms with Crippen molar-refractivity contribution < 1.29 is 4.79 Å². The third kappa shape index (κ3) is 1.99. The molecule has 2 atom stereocenters. The van der Waals surface area contributed by atoms with E-state index in [4.69, 9.17) is 0 Å². The lowest BCUT2D eigenvalue weighted by Crippen LogP contribution is -2.30. The van der Waals surface area contributed by atoms with Gasteiger partial charge in [0.15, 0.2) is 0 Å². The van der Waals surface area contributed by atoms with Crippen molar-refractivity contribution in [3.63, 3.8) is 0 Å². The summed E-state index contributed by atoms with van der Waals surface area (Å²) in [5, 5.41) is 7.60. The fraction of sp³-hybridized carbons (Fsp3) is 0.583. The summed E-state index contributed by atoms with van der Waals surface area (Å²) in [5.74, 6) is 0.251. The van der Waals surface area contributed by atoms with Gasteiger partial charge in [0.05, 0.1) is 6.04 Å². The van der Waals surface area contributed by atoms with Gasteiger partial charge in [-0.25, -0.2) is 0 Å². The van der Waals surface area contributed by atoms with E-state index in [-0.39, 0.29) is 18.1 Å². The van der Waals surface area contributed by atoms with Crippen molar-refractivity contribution in [3.05, 3.63) is 22.4 Å². The van der Waals surface area contributed by atoms with E-state index < -0.39 is 0 Å². The molecule has 1 aromatic rings. The third-order valence-corrected chi connectivity index (χ3v) is 3.73. The van der Waals surface area contributed by atoms with Crippen LogP contribution < -0.4 is 5.32 Å². The van der Waals surface area contributed by atoms with Gasteiger partial charge in [-0.3, -0.25) is 10.1 Å². The predicted octanol–water partition coefficient (Wildman–Crippen LogP) is 2.37. The molecule has 0 radical (unpaired) electrons. The number of nitrogens with one attached hydrogen (secondary N) is 1. The van der Waals surface area contributed by atoms with E-state index >= 15 is 0 Å². The number of amides is 1. The highest BCUT2D eigenvalue weighted by molar-refractivity contribution is 7.07. The maximum absolute atomic E-state index is 12.1. The fourth-order valence-corrected chi connectivity index (χ4v) is 2.90. The first-order valence-corrected chi connectivity index (χ1v) is 6.80. The Balaban J connectivity index is 2.17. The molecule has 1 amide bonds. The highest BCUT2D eigenvalue weighted by Gasteiger charge is 2.37. The molecule has 4 heteroatoms. The molecule has 1 aliphatic rings. The summed E-state index contributed by atoms with van der Waals surface area (Å²) in [6.07, 6.45) is 2.05. The summed E-state index contributed by atoms with van der Waals surface area (Å²) < 4.78 is 0. The highest BCUT2D eigenvalue weighted by atomic mass is 32.1. The van der Waals surface area contributed by atoms with E-state index in [1.807, 2.05) is 11.8 Å². The molecule has 0 aliphatic carbocycles. The Kier molecular flexibility index (Phi) is 3.61. The average Bonchev–Trinajstić information content (AvgIpc) is 2.88. The lowest BCUT2D eigenvalue weighted by molar-refractivity contribution is -0.130. The molecule has 16 heavy (non-hydrogen) atoms. The molecule has 1 aromatic heterocycles. The molecule has 1 N–H and O–H groups in total. The van der Waals surface area contributed by atoms with Gasteiger partial charge >= 0.3 is 0 Å². The van der Waals surface area contributed by atoms with Crippen LogP contribution >= 0.6 is 11.3 Å². The summed E-state index contributed by atoms with van der Waals surface area (Å²) >= 11 is 1.68. The Hall–Kier alpha value is -0.870. The SMILES string of the molecule is CCCC1NC(c2ccsc2)N(CC)C1=O. The summed E-state index contributed by atoms with van der Waals surface area (Å²) in [7, 11) is 0. The Labute approximate surface area is 100 Å². The first-order valence-electron chi connectivity index (χ1n) is 5.86. The zero-order valence-electron chi connectivity index (χ0n) is 9.77. The van der Waals surface area contributed by atoms with Gasteiger partial charge in [-0.1, -0.05) is 13.3 Å². The first kappa shape index (κ1) is 11.6. The van der Waals surface area contributed by atoms with Gasteiger partial charge in [0.1, 0.15) is 6.17 Å². The number of hydrogen-bond acceptors (Lipinski definition) is 3. The number of carbonyl (C=O) groups excluding carboxylic acids is 1. The van der Waals surface area contributed by atoms with Crippen molar-refractivity contribution in [2.24, 2.45) is 0 Å². The molecule has 88 valence electrons. The minimum atomic E-state index is 0.00912. The summed E-state index contributed by atoms with van der Waals surface area (Å²) in [5.41, 5.74) is 1.21. The number of hydrogen-bond donors (Lipinski definition) is 1. The number of carbonyl (C=O) groups is 1. The zero-order valence-corrected chi connectivity index (χ0v) is 10.6. The van der Waals surface area contributed by atoms with E-state index in [0.29, 0.717) is 0 Å². The summed E-state index contributed by atoms with van der Waals surface area (Å²) in [4.78, 5) is 14.0. The van der Waals surface area contributed by atoms with E-state index in [0.717, 1.165) is 19.4 Å². The van der Waals surface area contributed by atoms with Gasteiger partial charge in [0.25, 0.3) is 0 Å². The largest absolute Gasteiger partial charge is 0.322 e. The van der Waals surface area contributed by atoms with Crippen molar-refractivity contribution in [2.75, 3.05) is 6.54 Å². The molecule has 0 saturated carbocycles. The zero-order chi connectivity index (χ0) is 11.5. The second-order valence-electron chi connectivity index (χ2n) is 4.09. The van der Waals surface area contributed by atoms with Crippen LogP contribution in [0.15, 0.2) is 16.8 Å². The average molecular weight is 238 g/mol. The number of thiophene rings is 1. The molecule has 2 unspecified atom stereocenters. The lowest BCUT2D eigenvalue weighted by Gasteiger charge is -2.21. The normalized spacial score (nSPS) is 25.4. The van der Waals surface area contributed by atoms with Crippen molar-refractivity contribution in [3.8, 4) is 0 Å². The maximum atomic E-state index is 12.1. The van der Waals surface area contributed by atoms with Crippen LogP contribution in [0.2, 0.25) is 0 Å². The van der Waals surface area contributed by atoms with Gasteiger partial charge in [-0.05, 0) is 35.7 Å². The Bertz CT molecular complexity index is 350. The fourth-order valence-electron chi connectivity index (χ4n) is 2.22. The molecule has 1 saturated heterocycles. The molecule has 2 heterocycles. The van der Waals surface area contributed by atoms with Crippen LogP contribution in [0.1, 0.15) is 38.4 Å². The van der Waals surface area contributed by atoms with E-state index in [1.165, 1.54) is 5.56 Å². The van der Waals surface area contributed by atoms with Crippen LogP contribution in [0.4, 0.5) is 0 Å². The smallest absolute Gasteiger partial charge is 0.241 e. The second-order valence-corrected chi connectivity index (χ2v) is 4.87. The van der Waals surface area contributed by atoms with Gasteiger partial charge in [-0.2, -0.15) is 11.3 Å². The van der Waals surface area contributed by atoms with E-state index in [2.05, 4.69) is 29.1 Å². The third-order valence-electron chi connectivity index (χ3n) is 3.03. The van der Waals surface area contributed by atoms with Crippen LogP contribution in [-0.4, -0.2) is 23.4 Å². The van der Waals surface area contributed by atoms with Gasteiger partial charge in [-0.15, -0.1) is 0 Å². The van der Waals surface area contributed by atoms with E-state index in [9.17, 15) is 4.79 Å². The van der Waals surface area contributed by atoms with Crippen molar-refractivity contribution in [2.45, 2.75) is 38.9 Å². The van der Waals surface area contributed by atoms with Crippen LogP contribution in [0.5, 0.6) is 0 Å². The van der Waals surface area contributed by atoms with E-state index in [1.54, 1.807) is 11.3 Å². The van der Waals surface area contributed by atoms with Crippen LogP contribution in [0.25, 0.3) is 0 Å². The molecular weight excluding hydrogens is 220 g/mol. The number of likely N-dealkylation sites (N-methyl/N-ethyl adjacent to an activating group) is 1. The van der Waals surface area contributed by atoms with Gasteiger partial charge in [0.2, 0.25) is 5.91 Å². The molecule has 0 aromatic carbocycles. The topological polar surface area (TPSA) is 32.3 Å². The molecule has 1 fully saturated rings. The predicted molar refractivity (Wildman–Crippen MR) is 66.3 cm³/mol. The highest BCUT2D eigenvalue weighted by Crippen LogP contribution is 2.27. The maximum Gasteiger partial charge on any atom is 0.241 e. The molecule has 2 rings (SSSR count). The standard InChI is InChI=1S/C12H18N2OS/c1-3-5-10-12(15)14(4-2)11(13-10)9-6-7-16-8-9/h6-8,10-11,13H,3-5H2,1-2H3. The van der Waals surface area contributed by atoms with Crippen LogP contribution in [0, 0.1) is 0 Å². The van der Waals surface area contributed by atoms with Gasteiger partial charge < -0.3 is 4.90 Å². The van der Waals surface area contributed by atoms with Crippen molar-refractivity contribution in [1.82, 2.24) is 10.2 Å². The Morgan fingerprint density at radius 3 is 2.88 bits per heavy atom. The second kappa shape index (κ2) is 4.97. The van der Waals surface area contributed by atoms with Gasteiger partial charge in [0, 0.05) is 6.54 Å². The summed E-state index contributed by atoms with van der Waals surface area (Å²) in [6, 6.07) is 2.10.